The van der Waals surface area contributed by atoms with Gasteiger partial charge in [0.1, 0.15) is 6.10 Å². The highest BCUT2D eigenvalue weighted by Gasteiger charge is 2.64. The number of aliphatic hydroxyl groups excluding tert-OH is 1. The van der Waals surface area contributed by atoms with Crippen LogP contribution in [-0.2, 0) is 0 Å². The topological polar surface area (TPSA) is 52.8 Å². The van der Waals surface area contributed by atoms with E-state index in [0.29, 0.717) is 11.6 Å². The molecule has 0 spiro atoms. The van der Waals surface area contributed by atoms with Gasteiger partial charge in [0.15, 0.2) is 0 Å². The van der Waals surface area contributed by atoms with Gasteiger partial charge in [-0.2, -0.15) is 0 Å². The maximum Gasteiger partial charge on any atom is 0.102 e. The summed E-state index contributed by atoms with van der Waals surface area (Å²) in [4.78, 5) is 0. The van der Waals surface area contributed by atoms with Crippen molar-refractivity contribution in [1.29, 1.82) is 0 Å². The quantitative estimate of drug-likeness (QED) is 0.443. The predicted molar refractivity (Wildman–Crippen MR) is 49.8 cm³/mol. The second-order valence-corrected chi connectivity index (χ2v) is 5.21. The van der Waals surface area contributed by atoms with E-state index in [0.717, 1.165) is 12.8 Å². The predicted octanol–water partition coefficient (Wildman–Crippen LogP) is 1.63. The normalized spacial score (nSPS) is 50.3. The Bertz CT molecular complexity index is 272. The Labute approximate surface area is 78.4 Å². The van der Waals surface area contributed by atoms with Gasteiger partial charge < -0.3 is 10.3 Å². The van der Waals surface area contributed by atoms with E-state index < -0.39 is 6.10 Å². The van der Waals surface area contributed by atoms with E-state index in [1.165, 1.54) is 0 Å². The maximum absolute atomic E-state index is 9.98. The lowest BCUT2D eigenvalue weighted by atomic mass is 9.57. The summed E-state index contributed by atoms with van der Waals surface area (Å²) < 4.78 is 0. The van der Waals surface area contributed by atoms with E-state index in [-0.39, 0.29) is 10.8 Å². The van der Waals surface area contributed by atoms with Crippen molar-refractivity contribution in [2.75, 3.05) is 0 Å². The molecule has 0 aromatic carbocycles. The number of oxime groups is 1. The van der Waals surface area contributed by atoms with Crippen LogP contribution in [0.2, 0.25) is 0 Å². The van der Waals surface area contributed by atoms with Crippen LogP contribution in [0.5, 0.6) is 0 Å². The number of fused-ring (bicyclic) bond motifs is 1. The lowest BCUT2D eigenvalue weighted by molar-refractivity contribution is -0.0385. The molecule has 2 N–H and O–H groups in total. The first-order chi connectivity index (χ1) is 5.94. The van der Waals surface area contributed by atoms with Gasteiger partial charge in [-0.1, -0.05) is 25.9 Å². The molecule has 0 bridgehead atoms. The summed E-state index contributed by atoms with van der Waals surface area (Å²) in [5.41, 5.74) is 0.393. The van der Waals surface area contributed by atoms with Gasteiger partial charge in [0.25, 0.3) is 0 Å². The summed E-state index contributed by atoms with van der Waals surface area (Å²) in [5.74, 6) is 0.473. The third kappa shape index (κ3) is 0.810. The first-order valence-electron chi connectivity index (χ1n) is 4.85. The van der Waals surface area contributed by atoms with Crippen molar-refractivity contribution < 1.29 is 10.3 Å². The molecule has 2 aliphatic carbocycles. The van der Waals surface area contributed by atoms with E-state index in [9.17, 15) is 5.11 Å². The second-order valence-electron chi connectivity index (χ2n) is 5.21. The van der Waals surface area contributed by atoms with Crippen molar-refractivity contribution in [1.82, 2.24) is 0 Å². The monoisotopic (exact) mass is 183 g/mol. The third-order valence-corrected chi connectivity index (χ3v) is 4.29. The molecule has 13 heavy (non-hydrogen) atoms. The molecule has 2 fully saturated rings. The molecule has 3 unspecified atom stereocenters. The zero-order chi connectivity index (χ0) is 9.85. The lowest BCUT2D eigenvalue weighted by Gasteiger charge is -2.47. The molecule has 3 atom stereocenters. The van der Waals surface area contributed by atoms with Gasteiger partial charge in [0.2, 0.25) is 0 Å². The van der Waals surface area contributed by atoms with Gasteiger partial charge >= 0.3 is 0 Å². The Hall–Kier alpha value is -0.570. The molecular formula is C10H17NO2. The van der Waals surface area contributed by atoms with Crippen molar-refractivity contribution >= 4 is 5.71 Å². The van der Waals surface area contributed by atoms with Crippen LogP contribution in [0.3, 0.4) is 0 Å². The molecule has 0 aromatic heterocycles. The molecule has 2 rings (SSSR count). The number of hydrogen-bond acceptors (Lipinski definition) is 3. The minimum absolute atomic E-state index is 0.0366. The number of hydrogen-bond donors (Lipinski definition) is 2. The fourth-order valence-electron chi connectivity index (χ4n) is 3.28. The minimum atomic E-state index is -0.550. The molecule has 2 aliphatic rings. The summed E-state index contributed by atoms with van der Waals surface area (Å²) >= 11 is 0. The third-order valence-electron chi connectivity index (χ3n) is 4.29. The van der Waals surface area contributed by atoms with Crippen LogP contribution in [-0.4, -0.2) is 22.1 Å². The van der Waals surface area contributed by atoms with Crippen LogP contribution in [0, 0.1) is 16.7 Å². The second kappa shape index (κ2) is 2.27. The van der Waals surface area contributed by atoms with Crippen molar-refractivity contribution in [3.63, 3.8) is 0 Å². The van der Waals surface area contributed by atoms with E-state index in [1.54, 1.807) is 0 Å². The maximum atomic E-state index is 9.98. The molecule has 2 saturated carbocycles. The van der Waals surface area contributed by atoms with E-state index >= 15 is 0 Å². The SMILES string of the molecule is CC1(C)/C(=N/O)C(O)C2(C)CCC12. The van der Waals surface area contributed by atoms with Crippen LogP contribution in [0.15, 0.2) is 5.16 Å². The molecule has 0 amide bonds. The molecule has 3 heteroatoms. The molecule has 0 aromatic rings. The zero-order valence-corrected chi connectivity index (χ0v) is 8.41. The van der Waals surface area contributed by atoms with Crippen LogP contribution < -0.4 is 0 Å². The Morgan fingerprint density at radius 1 is 1.38 bits per heavy atom. The summed E-state index contributed by atoms with van der Waals surface area (Å²) in [6.07, 6.45) is 1.63. The summed E-state index contributed by atoms with van der Waals surface area (Å²) in [5, 5.41) is 22.1. The van der Waals surface area contributed by atoms with E-state index in [4.69, 9.17) is 5.21 Å². The van der Waals surface area contributed by atoms with Crippen molar-refractivity contribution in [3.05, 3.63) is 0 Å². The molecule has 0 aliphatic heterocycles. The van der Waals surface area contributed by atoms with Crippen LogP contribution in [0.4, 0.5) is 0 Å². The number of nitrogens with zero attached hydrogens (tertiary/aromatic N) is 1. The van der Waals surface area contributed by atoms with Crippen LogP contribution >= 0.6 is 0 Å². The fraction of sp³-hybridized carbons (Fsp3) is 0.900. The minimum Gasteiger partial charge on any atom is -0.411 e. The smallest absolute Gasteiger partial charge is 0.102 e. The van der Waals surface area contributed by atoms with E-state index in [2.05, 4.69) is 25.9 Å². The summed E-state index contributed by atoms with van der Waals surface area (Å²) in [6.45, 7) is 6.20. The zero-order valence-electron chi connectivity index (χ0n) is 8.41. The van der Waals surface area contributed by atoms with Crippen molar-refractivity contribution in [3.8, 4) is 0 Å². The standard InChI is InChI=1S/C10H17NO2/c1-9(2)6-4-5-10(6,3)8(12)7(9)11-13/h6,8,12-13H,4-5H2,1-3H3/b11-7+. The van der Waals surface area contributed by atoms with Crippen molar-refractivity contribution in [2.45, 2.75) is 39.7 Å². The van der Waals surface area contributed by atoms with Gasteiger partial charge in [0, 0.05) is 10.8 Å². The molecule has 0 saturated heterocycles. The molecular weight excluding hydrogens is 166 g/mol. The Balaban J connectivity index is 2.45. The van der Waals surface area contributed by atoms with Gasteiger partial charge in [-0.3, -0.25) is 0 Å². The first-order valence-corrected chi connectivity index (χ1v) is 4.85. The van der Waals surface area contributed by atoms with Crippen molar-refractivity contribution in [2.24, 2.45) is 21.9 Å². The van der Waals surface area contributed by atoms with Crippen LogP contribution in [0.25, 0.3) is 0 Å². The Morgan fingerprint density at radius 2 is 2.00 bits per heavy atom. The Kier molecular flexibility index (Phi) is 1.57. The van der Waals surface area contributed by atoms with Gasteiger partial charge in [-0.05, 0) is 18.8 Å². The van der Waals surface area contributed by atoms with Crippen LogP contribution in [0.1, 0.15) is 33.6 Å². The largest absolute Gasteiger partial charge is 0.411 e. The van der Waals surface area contributed by atoms with Gasteiger partial charge in [0.05, 0.1) is 5.71 Å². The van der Waals surface area contributed by atoms with E-state index in [1.807, 2.05) is 0 Å². The van der Waals surface area contributed by atoms with Gasteiger partial charge in [-0.15, -0.1) is 0 Å². The summed E-state index contributed by atoms with van der Waals surface area (Å²) in [7, 11) is 0. The highest BCUT2D eigenvalue weighted by Crippen LogP contribution is 2.63. The molecule has 0 heterocycles. The molecule has 74 valence electrons. The highest BCUT2D eigenvalue weighted by molar-refractivity contribution is 5.96. The Morgan fingerprint density at radius 3 is 2.23 bits per heavy atom. The number of rotatable bonds is 0. The average Bonchev–Trinajstić information content (AvgIpc) is 2.07. The highest BCUT2D eigenvalue weighted by atomic mass is 16.4. The van der Waals surface area contributed by atoms with Gasteiger partial charge in [-0.25, -0.2) is 0 Å². The summed E-state index contributed by atoms with van der Waals surface area (Å²) in [6, 6.07) is 0. The average molecular weight is 183 g/mol. The first kappa shape index (κ1) is 9.00. The molecule has 0 radical (unpaired) electrons. The lowest BCUT2D eigenvalue weighted by Crippen LogP contribution is -2.43. The number of aliphatic hydroxyl groups is 1. The molecule has 3 nitrogen and oxygen atoms in total. The fourth-order valence-corrected chi connectivity index (χ4v) is 3.28.